The second-order valence-electron chi connectivity index (χ2n) is 3.34. The van der Waals surface area contributed by atoms with Crippen molar-refractivity contribution in [2.45, 2.75) is 30.7 Å². The van der Waals surface area contributed by atoms with E-state index in [4.69, 9.17) is 24.8 Å². The molecule has 0 spiro atoms. The molecule has 1 aliphatic rings. The highest BCUT2D eigenvalue weighted by atomic mass is 16.6. The molecule has 0 aromatic heterocycles. The topological polar surface area (TPSA) is 120 Å². The molecule has 5 unspecified atom stereocenters. The molecule has 0 radical (unpaired) electrons. The average molecular weight is 224 g/mol. The van der Waals surface area contributed by atoms with E-state index in [0.29, 0.717) is 0 Å². The Morgan fingerprint density at radius 2 is 1.67 bits per heavy atom. The van der Waals surface area contributed by atoms with Crippen molar-refractivity contribution in [3.8, 4) is 0 Å². The number of aliphatic hydroxyl groups is 5. The molecule has 0 aromatic carbocycles. The molecule has 0 aromatic rings. The molecule has 1 heterocycles. The normalized spacial score (nSPS) is 41.8. The van der Waals surface area contributed by atoms with E-state index in [2.05, 4.69) is 0 Å². The van der Waals surface area contributed by atoms with Crippen LogP contribution in [-0.4, -0.2) is 76.1 Å². The molecule has 1 saturated heterocycles. The van der Waals surface area contributed by atoms with Gasteiger partial charge >= 0.3 is 0 Å². The first-order valence-electron chi connectivity index (χ1n) is 4.64. The maximum atomic E-state index is 9.44. The molecule has 7 nitrogen and oxygen atoms in total. The molecular weight excluding hydrogens is 208 g/mol. The van der Waals surface area contributed by atoms with Crippen LogP contribution in [0.3, 0.4) is 0 Å². The summed E-state index contributed by atoms with van der Waals surface area (Å²) in [5.74, 6) is 0. The van der Waals surface area contributed by atoms with Gasteiger partial charge in [0.25, 0.3) is 0 Å². The third-order valence-corrected chi connectivity index (χ3v) is 2.20. The lowest BCUT2D eigenvalue weighted by Gasteiger charge is -2.38. The highest BCUT2D eigenvalue weighted by Crippen LogP contribution is 2.19. The monoisotopic (exact) mass is 224 g/mol. The fourth-order valence-electron chi connectivity index (χ4n) is 1.33. The third-order valence-electron chi connectivity index (χ3n) is 2.20. The van der Waals surface area contributed by atoms with E-state index < -0.39 is 30.7 Å². The standard InChI is InChI=1S/C8H16O7/c9-1-2-14-3-4-5(10)6(11)7(12)8(13)15-4/h4-13H,1-3H2. The quantitative estimate of drug-likeness (QED) is 0.319. The number of rotatable bonds is 4. The summed E-state index contributed by atoms with van der Waals surface area (Å²) in [5, 5.41) is 45.5. The first-order valence-corrected chi connectivity index (χ1v) is 4.64. The fourth-order valence-corrected chi connectivity index (χ4v) is 1.33. The van der Waals surface area contributed by atoms with Crippen LogP contribution in [-0.2, 0) is 9.47 Å². The molecule has 5 atom stereocenters. The van der Waals surface area contributed by atoms with Crippen LogP contribution >= 0.6 is 0 Å². The lowest BCUT2D eigenvalue weighted by atomic mass is 9.99. The highest BCUT2D eigenvalue weighted by molar-refractivity contribution is 4.88. The number of ether oxygens (including phenoxy) is 2. The second kappa shape index (κ2) is 5.71. The Hall–Kier alpha value is -0.280. The Labute approximate surface area is 86.5 Å². The zero-order valence-corrected chi connectivity index (χ0v) is 8.06. The van der Waals surface area contributed by atoms with Gasteiger partial charge in [0.15, 0.2) is 6.29 Å². The molecule has 15 heavy (non-hydrogen) atoms. The molecule has 5 N–H and O–H groups in total. The predicted molar refractivity (Wildman–Crippen MR) is 46.8 cm³/mol. The van der Waals surface area contributed by atoms with Crippen molar-refractivity contribution >= 4 is 0 Å². The van der Waals surface area contributed by atoms with Crippen molar-refractivity contribution in [1.29, 1.82) is 0 Å². The van der Waals surface area contributed by atoms with Crippen molar-refractivity contribution in [1.82, 2.24) is 0 Å². The molecule has 1 aliphatic heterocycles. The van der Waals surface area contributed by atoms with Crippen LogP contribution in [0, 0.1) is 0 Å². The summed E-state index contributed by atoms with van der Waals surface area (Å²) in [6, 6.07) is 0. The molecule has 0 amide bonds. The van der Waals surface area contributed by atoms with Gasteiger partial charge in [0.1, 0.15) is 24.4 Å². The van der Waals surface area contributed by atoms with Gasteiger partial charge < -0.3 is 35.0 Å². The summed E-state index contributed by atoms with van der Waals surface area (Å²) >= 11 is 0. The molecule has 0 saturated carbocycles. The summed E-state index contributed by atoms with van der Waals surface area (Å²) in [7, 11) is 0. The first-order chi connectivity index (χ1) is 7.07. The van der Waals surface area contributed by atoms with Gasteiger partial charge in [-0.1, -0.05) is 0 Å². The van der Waals surface area contributed by atoms with Gasteiger partial charge in [-0.2, -0.15) is 0 Å². The second-order valence-corrected chi connectivity index (χ2v) is 3.34. The fraction of sp³-hybridized carbons (Fsp3) is 1.00. The van der Waals surface area contributed by atoms with Gasteiger partial charge in [0.05, 0.1) is 19.8 Å². The summed E-state index contributed by atoms with van der Waals surface area (Å²) in [4.78, 5) is 0. The minimum atomic E-state index is -1.55. The lowest BCUT2D eigenvalue weighted by Crippen LogP contribution is -2.58. The lowest BCUT2D eigenvalue weighted by molar-refractivity contribution is -0.288. The van der Waals surface area contributed by atoms with E-state index in [1.54, 1.807) is 0 Å². The smallest absolute Gasteiger partial charge is 0.184 e. The largest absolute Gasteiger partial charge is 0.394 e. The van der Waals surface area contributed by atoms with Crippen LogP contribution in [0.25, 0.3) is 0 Å². The van der Waals surface area contributed by atoms with Gasteiger partial charge in [-0.3, -0.25) is 0 Å². The van der Waals surface area contributed by atoms with Crippen LogP contribution < -0.4 is 0 Å². The third kappa shape index (κ3) is 3.08. The van der Waals surface area contributed by atoms with Gasteiger partial charge in [-0.15, -0.1) is 0 Å². The molecule has 0 bridgehead atoms. The van der Waals surface area contributed by atoms with Crippen LogP contribution in [0.5, 0.6) is 0 Å². The summed E-state index contributed by atoms with van der Waals surface area (Å²) in [6.45, 7) is -0.180. The Morgan fingerprint density at radius 3 is 2.27 bits per heavy atom. The summed E-state index contributed by atoms with van der Waals surface area (Å²) in [6.07, 6.45) is -6.82. The maximum Gasteiger partial charge on any atom is 0.184 e. The molecule has 1 fully saturated rings. The van der Waals surface area contributed by atoms with E-state index in [1.807, 2.05) is 0 Å². The molecule has 7 heteroatoms. The Kier molecular flexibility index (Phi) is 4.87. The minimum absolute atomic E-state index is 0.0708. The summed E-state index contributed by atoms with van der Waals surface area (Å²) < 4.78 is 9.70. The number of hydrogen-bond acceptors (Lipinski definition) is 7. The van der Waals surface area contributed by atoms with Gasteiger partial charge in [-0.05, 0) is 0 Å². The van der Waals surface area contributed by atoms with Gasteiger partial charge in [-0.25, -0.2) is 0 Å². The predicted octanol–water partition coefficient (Wildman–Crippen LogP) is -3.20. The Morgan fingerprint density at radius 1 is 1.00 bits per heavy atom. The molecule has 1 rings (SSSR count). The van der Waals surface area contributed by atoms with Gasteiger partial charge in [0.2, 0.25) is 0 Å². The highest BCUT2D eigenvalue weighted by Gasteiger charge is 2.42. The van der Waals surface area contributed by atoms with Crippen molar-refractivity contribution in [2.75, 3.05) is 19.8 Å². The average Bonchev–Trinajstić information content (AvgIpc) is 2.23. The van der Waals surface area contributed by atoms with E-state index in [1.165, 1.54) is 0 Å². The first kappa shape index (κ1) is 12.8. The Bertz CT molecular complexity index is 188. The van der Waals surface area contributed by atoms with Crippen molar-refractivity contribution in [2.24, 2.45) is 0 Å². The van der Waals surface area contributed by atoms with E-state index in [-0.39, 0.29) is 19.8 Å². The van der Waals surface area contributed by atoms with Crippen LogP contribution in [0.2, 0.25) is 0 Å². The molecule has 0 aliphatic carbocycles. The van der Waals surface area contributed by atoms with Crippen molar-refractivity contribution in [3.63, 3.8) is 0 Å². The number of hydrogen-bond donors (Lipinski definition) is 5. The Balaban J connectivity index is 2.43. The molecule has 90 valence electrons. The van der Waals surface area contributed by atoms with E-state index >= 15 is 0 Å². The van der Waals surface area contributed by atoms with Crippen molar-refractivity contribution < 1.29 is 35.0 Å². The van der Waals surface area contributed by atoms with Crippen LogP contribution in [0.4, 0.5) is 0 Å². The van der Waals surface area contributed by atoms with Crippen molar-refractivity contribution in [3.05, 3.63) is 0 Å². The zero-order chi connectivity index (χ0) is 11.4. The maximum absolute atomic E-state index is 9.44. The van der Waals surface area contributed by atoms with Crippen LogP contribution in [0.15, 0.2) is 0 Å². The zero-order valence-electron chi connectivity index (χ0n) is 8.06. The minimum Gasteiger partial charge on any atom is -0.394 e. The van der Waals surface area contributed by atoms with E-state index in [0.717, 1.165) is 0 Å². The molecular formula is C8H16O7. The van der Waals surface area contributed by atoms with Crippen LogP contribution in [0.1, 0.15) is 0 Å². The summed E-state index contributed by atoms with van der Waals surface area (Å²) in [5.41, 5.74) is 0. The SMILES string of the molecule is OCCOCC1OC(O)C(O)C(O)C1O. The number of aliphatic hydroxyl groups excluding tert-OH is 5. The van der Waals surface area contributed by atoms with E-state index in [9.17, 15) is 10.2 Å². The van der Waals surface area contributed by atoms with Gasteiger partial charge in [0, 0.05) is 0 Å².